The Morgan fingerprint density at radius 3 is 2.75 bits per heavy atom. The fraction of sp³-hybridized carbons (Fsp3) is 0.632. The first kappa shape index (κ1) is 15.9. The molecule has 0 aromatic carbocycles. The van der Waals surface area contributed by atoms with Gasteiger partial charge in [0.05, 0.1) is 6.54 Å². The summed E-state index contributed by atoms with van der Waals surface area (Å²) in [5.41, 5.74) is 1.20. The van der Waals surface area contributed by atoms with Gasteiger partial charge in [-0.25, -0.2) is 9.37 Å². The molecule has 2 fully saturated rings. The molecule has 1 aliphatic heterocycles. The summed E-state index contributed by atoms with van der Waals surface area (Å²) in [7, 11) is 0. The molecule has 0 radical (unpaired) electrons. The van der Waals surface area contributed by atoms with E-state index in [2.05, 4.69) is 32.9 Å². The molecule has 130 valence electrons. The quantitative estimate of drug-likeness (QED) is 0.790. The van der Waals surface area contributed by atoms with Crippen molar-refractivity contribution in [1.82, 2.24) is 15.3 Å². The van der Waals surface area contributed by atoms with Gasteiger partial charge >= 0.3 is 0 Å². The monoisotopic (exact) mass is 330 g/mol. The van der Waals surface area contributed by atoms with Crippen LogP contribution in [0.25, 0.3) is 11.0 Å². The highest BCUT2D eigenvalue weighted by Crippen LogP contribution is 2.36. The predicted octanol–water partition coefficient (Wildman–Crippen LogP) is 4.11. The minimum Gasteiger partial charge on any atom is -0.367 e. The summed E-state index contributed by atoms with van der Waals surface area (Å²) in [5.74, 6) is 1.42. The van der Waals surface area contributed by atoms with Gasteiger partial charge in [0.1, 0.15) is 17.1 Å². The molecule has 0 bridgehead atoms. The van der Waals surface area contributed by atoms with E-state index in [0.29, 0.717) is 25.3 Å². The summed E-state index contributed by atoms with van der Waals surface area (Å²) in [4.78, 5) is 7.98. The molecular weight excluding hydrogens is 303 g/mol. The van der Waals surface area contributed by atoms with Crippen molar-refractivity contribution in [2.45, 2.75) is 56.5 Å². The molecular formula is C19H27FN4. The maximum atomic E-state index is 14.7. The van der Waals surface area contributed by atoms with Crippen LogP contribution >= 0.6 is 0 Å². The SMILES string of the molecule is FC1(CNc2ccc3c(C4CCCCC4)c[nH]c3n2)CCNCC1. The van der Waals surface area contributed by atoms with Gasteiger partial charge in [-0.1, -0.05) is 19.3 Å². The first-order chi connectivity index (χ1) is 11.7. The van der Waals surface area contributed by atoms with E-state index in [1.165, 1.54) is 43.1 Å². The van der Waals surface area contributed by atoms with Crippen molar-refractivity contribution < 1.29 is 4.39 Å². The number of halogens is 1. The van der Waals surface area contributed by atoms with E-state index in [-0.39, 0.29) is 0 Å². The van der Waals surface area contributed by atoms with Crippen LogP contribution in [0.1, 0.15) is 56.4 Å². The van der Waals surface area contributed by atoms with E-state index in [4.69, 9.17) is 0 Å². The average molecular weight is 330 g/mol. The summed E-state index contributed by atoms with van der Waals surface area (Å²) in [5, 5.41) is 7.64. The van der Waals surface area contributed by atoms with E-state index in [1.54, 1.807) is 0 Å². The van der Waals surface area contributed by atoms with E-state index in [1.807, 2.05) is 6.07 Å². The molecule has 2 aliphatic rings. The Labute approximate surface area is 142 Å². The molecule has 0 amide bonds. The van der Waals surface area contributed by atoms with E-state index in [9.17, 15) is 4.39 Å². The lowest BCUT2D eigenvalue weighted by molar-refractivity contribution is 0.131. The number of pyridine rings is 1. The highest BCUT2D eigenvalue weighted by atomic mass is 19.1. The van der Waals surface area contributed by atoms with Gasteiger partial charge in [-0.3, -0.25) is 0 Å². The zero-order chi connectivity index (χ0) is 16.4. The van der Waals surface area contributed by atoms with Crippen LogP contribution < -0.4 is 10.6 Å². The number of aromatic nitrogens is 2. The number of hydrogen-bond donors (Lipinski definition) is 3. The lowest BCUT2D eigenvalue weighted by atomic mass is 9.84. The van der Waals surface area contributed by atoms with Crippen LogP contribution in [0, 0.1) is 0 Å². The van der Waals surface area contributed by atoms with Gasteiger partial charge < -0.3 is 15.6 Å². The van der Waals surface area contributed by atoms with Crippen LogP contribution in [-0.4, -0.2) is 35.3 Å². The molecule has 4 rings (SSSR count). The van der Waals surface area contributed by atoms with Gasteiger partial charge in [0, 0.05) is 11.6 Å². The van der Waals surface area contributed by atoms with Crippen LogP contribution in [0.15, 0.2) is 18.3 Å². The lowest BCUT2D eigenvalue weighted by Crippen LogP contribution is -2.43. The third-order valence-electron chi connectivity index (χ3n) is 5.70. The van der Waals surface area contributed by atoms with Crippen molar-refractivity contribution in [3.63, 3.8) is 0 Å². The van der Waals surface area contributed by atoms with E-state index < -0.39 is 5.67 Å². The Kier molecular flexibility index (Phi) is 4.44. The Morgan fingerprint density at radius 2 is 1.96 bits per heavy atom. The van der Waals surface area contributed by atoms with Crippen molar-refractivity contribution in [3.05, 3.63) is 23.9 Å². The second-order valence-corrected chi connectivity index (χ2v) is 7.43. The van der Waals surface area contributed by atoms with Gasteiger partial charge in [-0.05, 0) is 62.4 Å². The lowest BCUT2D eigenvalue weighted by Gasteiger charge is -2.30. The molecule has 1 saturated carbocycles. The maximum Gasteiger partial charge on any atom is 0.139 e. The molecule has 3 heterocycles. The second kappa shape index (κ2) is 6.71. The number of aromatic amines is 1. The maximum absolute atomic E-state index is 14.7. The Bertz CT molecular complexity index is 684. The number of piperidine rings is 1. The summed E-state index contributed by atoms with van der Waals surface area (Å²) >= 11 is 0. The normalized spacial score (nSPS) is 21.9. The number of nitrogens with zero attached hydrogens (tertiary/aromatic N) is 1. The first-order valence-corrected chi connectivity index (χ1v) is 9.35. The molecule has 3 N–H and O–H groups in total. The minimum absolute atomic E-state index is 0.337. The summed E-state index contributed by atoms with van der Waals surface area (Å²) in [6, 6.07) is 4.13. The van der Waals surface area contributed by atoms with Crippen LogP contribution in [0.2, 0.25) is 0 Å². The van der Waals surface area contributed by atoms with Crippen LogP contribution in [-0.2, 0) is 0 Å². The third kappa shape index (κ3) is 3.27. The zero-order valence-electron chi connectivity index (χ0n) is 14.2. The molecule has 24 heavy (non-hydrogen) atoms. The first-order valence-electron chi connectivity index (χ1n) is 9.35. The Morgan fingerprint density at radius 1 is 1.17 bits per heavy atom. The number of anilines is 1. The Hall–Kier alpha value is -1.62. The number of alkyl halides is 1. The highest BCUT2D eigenvalue weighted by Gasteiger charge is 2.31. The molecule has 2 aromatic rings. The van der Waals surface area contributed by atoms with Crippen LogP contribution in [0.3, 0.4) is 0 Å². The number of fused-ring (bicyclic) bond motifs is 1. The van der Waals surface area contributed by atoms with Crippen molar-refractivity contribution in [2.75, 3.05) is 25.0 Å². The predicted molar refractivity (Wildman–Crippen MR) is 96.4 cm³/mol. The molecule has 1 aliphatic carbocycles. The molecule has 0 atom stereocenters. The molecule has 0 unspecified atom stereocenters. The van der Waals surface area contributed by atoms with Crippen molar-refractivity contribution in [1.29, 1.82) is 0 Å². The number of H-pyrrole nitrogens is 1. The summed E-state index contributed by atoms with van der Waals surface area (Å²) in [6.07, 6.45) is 9.85. The van der Waals surface area contributed by atoms with Gasteiger partial charge in [-0.15, -0.1) is 0 Å². The standard InChI is InChI=1S/C19H27FN4/c20-19(8-10-21-11-9-19)13-23-17-7-6-15-16(12-22-18(15)24-17)14-4-2-1-3-5-14/h6-7,12,14,21H,1-5,8-11,13H2,(H2,22,23,24). The number of nitrogens with one attached hydrogen (secondary N) is 3. The molecule has 5 heteroatoms. The third-order valence-corrected chi connectivity index (χ3v) is 5.70. The van der Waals surface area contributed by atoms with Gasteiger partial charge in [0.25, 0.3) is 0 Å². The van der Waals surface area contributed by atoms with Crippen molar-refractivity contribution in [3.8, 4) is 0 Å². The van der Waals surface area contributed by atoms with Gasteiger partial charge in [-0.2, -0.15) is 0 Å². The minimum atomic E-state index is -1.12. The van der Waals surface area contributed by atoms with Crippen LogP contribution in [0.4, 0.5) is 10.2 Å². The van der Waals surface area contributed by atoms with Gasteiger partial charge in [0.2, 0.25) is 0 Å². The second-order valence-electron chi connectivity index (χ2n) is 7.43. The van der Waals surface area contributed by atoms with Crippen molar-refractivity contribution in [2.24, 2.45) is 0 Å². The molecule has 2 aromatic heterocycles. The number of rotatable bonds is 4. The fourth-order valence-electron chi connectivity index (χ4n) is 4.18. The molecule has 0 spiro atoms. The Balaban J connectivity index is 1.47. The van der Waals surface area contributed by atoms with Crippen molar-refractivity contribution >= 4 is 16.9 Å². The van der Waals surface area contributed by atoms with E-state index in [0.717, 1.165) is 24.6 Å². The number of hydrogen-bond acceptors (Lipinski definition) is 3. The zero-order valence-corrected chi connectivity index (χ0v) is 14.2. The fourth-order valence-corrected chi connectivity index (χ4v) is 4.18. The molecule has 1 saturated heterocycles. The average Bonchev–Trinajstić information content (AvgIpc) is 3.05. The smallest absolute Gasteiger partial charge is 0.139 e. The topological polar surface area (TPSA) is 52.7 Å². The summed E-state index contributed by atoms with van der Waals surface area (Å²) < 4.78 is 14.7. The van der Waals surface area contributed by atoms with E-state index >= 15 is 0 Å². The summed E-state index contributed by atoms with van der Waals surface area (Å²) in [6.45, 7) is 1.85. The molecule has 4 nitrogen and oxygen atoms in total. The van der Waals surface area contributed by atoms with Crippen LogP contribution in [0.5, 0.6) is 0 Å². The van der Waals surface area contributed by atoms with Gasteiger partial charge in [0.15, 0.2) is 0 Å². The largest absolute Gasteiger partial charge is 0.367 e. The highest BCUT2D eigenvalue weighted by molar-refractivity contribution is 5.82.